The molecule has 0 aromatic carbocycles. The third-order valence-corrected chi connectivity index (χ3v) is 6.91. The van der Waals surface area contributed by atoms with E-state index >= 15 is 0 Å². The highest BCUT2D eigenvalue weighted by Crippen LogP contribution is 2.11. The third kappa shape index (κ3) is 6.29. The van der Waals surface area contributed by atoms with Gasteiger partial charge in [0, 0.05) is 35.0 Å². The van der Waals surface area contributed by atoms with Crippen LogP contribution in [-0.2, 0) is 14.8 Å². The Morgan fingerprint density at radius 1 is 1.00 bits per heavy atom. The number of nitrogens with one attached hydrogen (secondary N) is 2. The molecule has 2 rings (SSSR count). The zero-order valence-corrected chi connectivity index (χ0v) is 19.3. The van der Waals surface area contributed by atoms with E-state index in [0.717, 1.165) is 11.1 Å². The van der Waals surface area contributed by atoms with Crippen molar-refractivity contribution in [2.24, 2.45) is 0 Å². The number of hydrogen-bond acceptors (Lipinski definition) is 7. The molecule has 0 unspecified atom stereocenters. The molecule has 0 saturated carbocycles. The van der Waals surface area contributed by atoms with Gasteiger partial charge >= 0.3 is 0 Å². The van der Waals surface area contributed by atoms with E-state index in [9.17, 15) is 13.2 Å². The van der Waals surface area contributed by atoms with Crippen LogP contribution in [-0.4, -0.2) is 53.2 Å². The molecule has 0 bridgehead atoms. The molecule has 28 heavy (non-hydrogen) atoms. The molecule has 152 valence electrons. The minimum Gasteiger partial charge on any atom is -0.285 e. The van der Waals surface area contributed by atoms with Gasteiger partial charge in [0.15, 0.2) is 0 Å². The molecule has 0 radical (unpaired) electrons. The Morgan fingerprint density at radius 2 is 1.50 bits per heavy atom. The molecular weight excluding hydrogens is 457 g/mol. The number of carbonyl (C=O) groups is 1. The van der Waals surface area contributed by atoms with Crippen LogP contribution in [0.25, 0.3) is 0 Å². The van der Waals surface area contributed by atoms with Gasteiger partial charge < -0.3 is 0 Å². The number of thiocarbonyl (C=S) groups is 2. The summed E-state index contributed by atoms with van der Waals surface area (Å²) >= 11 is 13.6. The largest absolute Gasteiger partial charge is 0.285 e. The van der Waals surface area contributed by atoms with Crippen LogP contribution in [0.15, 0.2) is 33.7 Å². The second-order valence-electron chi connectivity index (χ2n) is 5.51. The standard InChI is InChI=1S/C16H20N4O3S5/c1-3-19(15(24)12-5-7-26-9-12)17-14(21)11-28(22,23)18-20(4-2)16(25)13-6-8-27-10-13/h5-10,18H,3-4,11H2,1-2H3,(H,17,21). The Morgan fingerprint density at radius 3 is 1.93 bits per heavy atom. The Labute approximate surface area is 183 Å². The van der Waals surface area contributed by atoms with Gasteiger partial charge in [0.2, 0.25) is 10.0 Å². The van der Waals surface area contributed by atoms with Gasteiger partial charge in [-0.1, -0.05) is 24.4 Å². The number of sulfonamides is 1. The van der Waals surface area contributed by atoms with Crippen molar-refractivity contribution in [3.8, 4) is 0 Å². The quantitative estimate of drug-likeness (QED) is 0.447. The van der Waals surface area contributed by atoms with Crippen molar-refractivity contribution >= 4 is 73.0 Å². The zero-order chi connectivity index (χ0) is 20.7. The SMILES string of the molecule is CCN(NC(=O)CS(=O)(=O)NN(CC)C(=S)c1ccsc1)C(=S)c1ccsc1. The first-order valence-electron chi connectivity index (χ1n) is 8.25. The number of rotatable bonds is 8. The zero-order valence-electron chi connectivity index (χ0n) is 15.2. The molecule has 2 aromatic heterocycles. The molecule has 2 aromatic rings. The molecule has 0 saturated heterocycles. The average Bonchev–Trinajstić information content (AvgIpc) is 3.36. The predicted octanol–water partition coefficient (Wildman–Crippen LogP) is 2.37. The lowest BCUT2D eigenvalue weighted by Gasteiger charge is -2.25. The molecule has 0 fully saturated rings. The predicted molar refractivity (Wildman–Crippen MR) is 122 cm³/mol. The Hall–Kier alpha value is -1.44. The number of carbonyl (C=O) groups excluding carboxylic acids is 1. The van der Waals surface area contributed by atoms with Crippen molar-refractivity contribution in [1.29, 1.82) is 0 Å². The fraction of sp³-hybridized carbons (Fsp3) is 0.312. The molecule has 7 nitrogen and oxygen atoms in total. The summed E-state index contributed by atoms with van der Waals surface area (Å²) in [6.45, 7) is 4.29. The number of nitrogens with zero attached hydrogens (tertiary/aromatic N) is 2. The van der Waals surface area contributed by atoms with Crippen LogP contribution in [0.4, 0.5) is 0 Å². The summed E-state index contributed by atoms with van der Waals surface area (Å²) in [7, 11) is -3.95. The van der Waals surface area contributed by atoms with Crippen molar-refractivity contribution in [1.82, 2.24) is 20.3 Å². The summed E-state index contributed by atoms with van der Waals surface area (Å²) in [4.78, 5) is 15.4. The van der Waals surface area contributed by atoms with Gasteiger partial charge in [-0.2, -0.15) is 22.7 Å². The monoisotopic (exact) mass is 476 g/mol. The van der Waals surface area contributed by atoms with E-state index in [4.69, 9.17) is 24.4 Å². The van der Waals surface area contributed by atoms with Crippen LogP contribution in [0.1, 0.15) is 25.0 Å². The van der Waals surface area contributed by atoms with E-state index in [2.05, 4.69) is 10.3 Å². The van der Waals surface area contributed by atoms with E-state index < -0.39 is 21.7 Å². The highest BCUT2D eigenvalue weighted by atomic mass is 32.2. The summed E-state index contributed by atoms with van der Waals surface area (Å²) in [5, 5.41) is 10.2. The van der Waals surface area contributed by atoms with Gasteiger partial charge in [0.25, 0.3) is 5.91 Å². The van der Waals surface area contributed by atoms with Gasteiger partial charge in [-0.25, -0.2) is 8.42 Å². The summed E-state index contributed by atoms with van der Waals surface area (Å²) in [5.41, 5.74) is 4.08. The number of hydrazine groups is 2. The van der Waals surface area contributed by atoms with E-state index in [1.54, 1.807) is 13.0 Å². The first kappa shape index (κ1) is 22.8. The van der Waals surface area contributed by atoms with Gasteiger partial charge in [-0.05, 0) is 36.7 Å². The van der Waals surface area contributed by atoms with Crippen LogP contribution in [0.5, 0.6) is 0 Å². The maximum atomic E-state index is 12.4. The lowest BCUT2D eigenvalue weighted by atomic mass is 10.3. The van der Waals surface area contributed by atoms with Gasteiger partial charge in [0.05, 0.1) is 0 Å². The minimum atomic E-state index is -3.95. The van der Waals surface area contributed by atoms with Crippen molar-refractivity contribution in [2.45, 2.75) is 13.8 Å². The van der Waals surface area contributed by atoms with Gasteiger partial charge in [0.1, 0.15) is 15.7 Å². The normalized spacial score (nSPS) is 11.1. The second-order valence-corrected chi connectivity index (χ2v) is 9.54. The highest BCUT2D eigenvalue weighted by Gasteiger charge is 2.23. The number of amides is 1. The molecule has 2 N–H and O–H groups in total. The molecule has 0 atom stereocenters. The lowest BCUT2D eigenvalue weighted by molar-refractivity contribution is -0.121. The summed E-state index contributed by atoms with van der Waals surface area (Å²) < 4.78 is 24.9. The Bertz CT molecular complexity index is 910. The van der Waals surface area contributed by atoms with Crippen LogP contribution < -0.4 is 10.3 Å². The molecule has 2 heterocycles. The number of hydrogen-bond donors (Lipinski definition) is 2. The molecular formula is C16H20N4O3S5. The highest BCUT2D eigenvalue weighted by molar-refractivity contribution is 7.90. The Kier molecular flexibility index (Phi) is 8.46. The van der Waals surface area contributed by atoms with Crippen molar-refractivity contribution in [2.75, 3.05) is 18.8 Å². The van der Waals surface area contributed by atoms with E-state index in [1.165, 1.54) is 32.7 Å². The minimum absolute atomic E-state index is 0.318. The maximum Gasteiger partial charge on any atom is 0.255 e. The summed E-state index contributed by atoms with van der Waals surface area (Å²) in [5.74, 6) is -1.44. The van der Waals surface area contributed by atoms with Crippen LogP contribution in [0.3, 0.4) is 0 Å². The van der Waals surface area contributed by atoms with Crippen LogP contribution in [0, 0.1) is 0 Å². The molecule has 0 aliphatic rings. The molecule has 0 aliphatic carbocycles. The van der Waals surface area contributed by atoms with Crippen molar-refractivity contribution in [3.05, 3.63) is 44.8 Å². The maximum absolute atomic E-state index is 12.4. The molecule has 1 amide bonds. The lowest BCUT2D eigenvalue weighted by Crippen LogP contribution is -2.51. The van der Waals surface area contributed by atoms with E-state index in [0.29, 0.717) is 23.1 Å². The van der Waals surface area contributed by atoms with Crippen molar-refractivity contribution < 1.29 is 13.2 Å². The number of thiophene rings is 2. The Balaban J connectivity index is 1.98. The van der Waals surface area contributed by atoms with Gasteiger partial charge in [-0.3, -0.25) is 20.2 Å². The topological polar surface area (TPSA) is 81.8 Å². The second kappa shape index (κ2) is 10.4. The average molecular weight is 477 g/mol. The first-order chi connectivity index (χ1) is 13.3. The van der Waals surface area contributed by atoms with E-state index in [1.807, 2.05) is 34.5 Å². The molecule has 12 heteroatoms. The van der Waals surface area contributed by atoms with E-state index in [-0.39, 0.29) is 0 Å². The van der Waals surface area contributed by atoms with Crippen LogP contribution >= 0.6 is 47.1 Å². The molecule has 0 spiro atoms. The summed E-state index contributed by atoms with van der Waals surface area (Å²) in [6.07, 6.45) is 0. The molecule has 0 aliphatic heterocycles. The van der Waals surface area contributed by atoms with Gasteiger partial charge in [-0.15, -0.1) is 4.83 Å². The smallest absolute Gasteiger partial charge is 0.255 e. The fourth-order valence-electron chi connectivity index (χ4n) is 2.16. The summed E-state index contributed by atoms with van der Waals surface area (Å²) in [6, 6.07) is 3.64. The third-order valence-electron chi connectivity index (χ3n) is 3.49. The van der Waals surface area contributed by atoms with Crippen molar-refractivity contribution in [3.63, 3.8) is 0 Å². The van der Waals surface area contributed by atoms with Crippen LogP contribution in [0.2, 0.25) is 0 Å². The fourth-order valence-corrected chi connectivity index (χ4v) is 5.28. The first-order valence-corrected chi connectivity index (χ1v) is 12.6.